The van der Waals surface area contributed by atoms with Gasteiger partial charge in [0, 0.05) is 6.04 Å². The molecule has 92 valence electrons. The summed E-state index contributed by atoms with van der Waals surface area (Å²) < 4.78 is 25.8. The van der Waals surface area contributed by atoms with Gasteiger partial charge in [0.05, 0.1) is 5.75 Å². The van der Waals surface area contributed by atoms with Crippen molar-refractivity contribution in [1.82, 2.24) is 4.72 Å². The van der Waals surface area contributed by atoms with E-state index in [-0.39, 0.29) is 11.8 Å². The maximum absolute atomic E-state index is 11.6. The van der Waals surface area contributed by atoms with Gasteiger partial charge in [0.25, 0.3) is 0 Å². The first-order valence-corrected chi connectivity index (χ1v) is 7.32. The van der Waals surface area contributed by atoms with E-state index in [1.54, 1.807) is 0 Å². The van der Waals surface area contributed by atoms with Gasteiger partial charge in [-0.25, -0.2) is 13.1 Å². The first-order chi connectivity index (χ1) is 6.96. The number of hydrogen-bond acceptors (Lipinski definition) is 3. The summed E-state index contributed by atoms with van der Waals surface area (Å²) in [5, 5.41) is 0. The zero-order valence-electron chi connectivity index (χ0n) is 9.99. The van der Waals surface area contributed by atoms with Crippen LogP contribution in [0.15, 0.2) is 0 Å². The molecule has 0 heterocycles. The smallest absolute Gasteiger partial charge is 0.211 e. The molecule has 0 aliphatic carbocycles. The van der Waals surface area contributed by atoms with Crippen LogP contribution in [0.2, 0.25) is 0 Å². The molecule has 0 saturated heterocycles. The molecule has 0 aromatic carbocycles. The Hall–Kier alpha value is -0.130. The lowest BCUT2D eigenvalue weighted by Crippen LogP contribution is -2.39. The Balaban J connectivity index is 4.19. The molecule has 3 N–H and O–H groups in total. The lowest BCUT2D eigenvalue weighted by Gasteiger charge is -2.22. The predicted molar refractivity (Wildman–Crippen MR) is 64.1 cm³/mol. The minimum atomic E-state index is -3.14. The van der Waals surface area contributed by atoms with Crippen LogP contribution in [0.3, 0.4) is 0 Å². The lowest BCUT2D eigenvalue weighted by atomic mass is 9.96. The molecule has 0 bridgehead atoms. The normalized spacial score (nSPS) is 14.5. The average molecular weight is 236 g/mol. The summed E-state index contributed by atoms with van der Waals surface area (Å²) in [7, 11) is -3.14. The first-order valence-electron chi connectivity index (χ1n) is 5.66. The van der Waals surface area contributed by atoms with E-state index >= 15 is 0 Å². The zero-order valence-corrected chi connectivity index (χ0v) is 10.8. The van der Waals surface area contributed by atoms with Crippen molar-refractivity contribution in [3.63, 3.8) is 0 Å². The van der Waals surface area contributed by atoms with Crippen molar-refractivity contribution in [3.8, 4) is 0 Å². The zero-order chi connectivity index (χ0) is 11.9. The van der Waals surface area contributed by atoms with Gasteiger partial charge in [0.1, 0.15) is 0 Å². The molecule has 15 heavy (non-hydrogen) atoms. The third kappa shape index (κ3) is 6.12. The van der Waals surface area contributed by atoms with Crippen molar-refractivity contribution >= 4 is 10.0 Å². The summed E-state index contributed by atoms with van der Waals surface area (Å²) in [4.78, 5) is 0. The highest BCUT2D eigenvalue weighted by molar-refractivity contribution is 7.89. The minimum absolute atomic E-state index is 0.0165. The summed E-state index contributed by atoms with van der Waals surface area (Å²) in [6.45, 7) is 6.51. The van der Waals surface area contributed by atoms with E-state index < -0.39 is 10.0 Å². The molecular formula is C10H24N2O2S. The Kier molecular flexibility index (Phi) is 7.13. The van der Waals surface area contributed by atoms with E-state index in [2.05, 4.69) is 18.6 Å². The second-order valence-electron chi connectivity index (χ2n) is 3.94. The molecule has 0 spiro atoms. The molecule has 0 rings (SSSR count). The van der Waals surface area contributed by atoms with Crippen LogP contribution in [0.25, 0.3) is 0 Å². The summed E-state index contributed by atoms with van der Waals surface area (Å²) in [6.07, 6.45) is 2.51. The molecule has 0 aromatic rings. The van der Waals surface area contributed by atoms with E-state index in [0.717, 1.165) is 12.8 Å². The number of hydrogen-bond donors (Lipinski definition) is 2. The molecule has 1 unspecified atom stereocenters. The fraction of sp³-hybridized carbons (Fsp3) is 1.00. The van der Waals surface area contributed by atoms with E-state index in [0.29, 0.717) is 18.9 Å². The molecule has 0 radical (unpaired) electrons. The van der Waals surface area contributed by atoms with E-state index in [9.17, 15) is 8.42 Å². The molecule has 0 aliphatic heterocycles. The van der Waals surface area contributed by atoms with Gasteiger partial charge in [-0.2, -0.15) is 0 Å². The fourth-order valence-electron chi connectivity index (χ4n) is 1.71. The molecule has 1 atom stereocenters. The van der Waals surface area contributed by atoms with Crippen LogP contribution in [0.4, 0.5) is 0 Å². The van der Waals surface area contributed by atoms with Crippen molar-refractivity contribution in [2.45, 2.75) is 46.1 Å². The second-order valence-corrected chi connectivity index (χ2v) is 5.82. The van der Waals surface area contributed by atoms with Crippen LogP contribution in [0.1, 0.15) is 40.0 Å². The Morgan fingerprint density at radius 1 is 1.27 bits per heavy atom. The van der Waals surface area contributed by atoms with Crippen LogP contribution in [0.5, 0.6) is 0 Å². The van der Waals surface area contributed by atoms with Crippen LogP contribution in [0, 0.1) is 5.92 Å². The van der Waals surface area contributed by atoms with Gasteiger partial charge < -0.3 is 5.73 Å². The molecule has 0 aromatic heterocycles. The summed E-state index contributed by atoms with van der Waals surface area (Å²) in [6, 6.07) is 0.0165. The molecule has 0 aliphatic rings. The number of rotatable bonds is 8. The van der Waals surface area contributed by atoms with Crippen LogP contribution in [-0.2, 0) is 10.0 Å². The van der Waals surface area contributed by atoms with Crippen molar-refractivity contribution in [2.75, 3.05) is 12.3 Å². The van der Waals surface area contributed by atoms with Gasteiger partial charge in [0.2, 0.25) is 10.0 Å². The highest BCUT2D eigenvalue weighted by Gasteiger charge is 2.19. The molecule has 0 amide bonds. The highest BCUT2D eigenvalue weighted by Crippen LogP contribution is 2.13. The van der Waals surface area contributed by atoms with Crippen LogP contribution < -0.4 is 10.5 Å². The standard InChI is InChI=1S/C10H24N2O2S/c1-4-10(5-2)9(3)12-15(13,14)8-6-7-11/h9-10,12H,4-8,11H2,1-3H3. The number of sulfonamides is 1. The quantitative estimate of drug-likeness (QED) is 0.662. The van der Waals surface area contributed by atoms with Gasteiger partial charge in [-0.05, 0) is 25.8 Å². The monoisotopic (exact) mass is 236 g/mol. The number of nitrogens with two attached hydrogens (primary N) is 1. The molecular weight excluding hydrogens is 212 g/mol. The molecule has 5 heteroatoms. The maximum atomic E-state index is 11.6. The summed E-state index contributed by atoms with van der Waals surface area (Å²) in [5.74, 6) is 0.547. The second kappa shape index (κ2) is 7.19. The summed E-state index contributed by atoms with van der Waals surface area (Å²) in [5.41, 5.74) is 5.29. The predicted octanol–water partition coefficient (Wildman–Crippen LogP) is 1.08. The van der Waals surface area contributed by atoms with Crippen molar-refractivity contribution in [1.29, 1.82) is 0 Å². The Labute approximate surface area is 93.7 Å². The fourth-order valence-corrected chi connectivity index (χ4v) is 3.13. The Morgan fingerprint density at radius 2 is 1.80 bits per heavy atom. The van der Waals surface area contributed by atoms with E-state index in [1.807, 2.05) is 6.92 Å². The SMILES string of the molecule is CCC(CC)C(C)NS(=O)(=O)CCCN. The van der Waals surface area contributed by atoms with Gasteiger partial charge in [0.15, 0.2) is 0 Å². The first kappa shape index (κ1) is 14.9. The third-order valence-electron chi connectivity index (χ3n) is 2.74. The molecule has 0 saturated carbocycles. The van der Waals surface area contributed by atoms with E-state index in [4.69, 9.17) is 5.73 Å². The third-order valence-corrected chi connectivity index (χ3v) is 4.30. The molecule has 4 nitrogen and oxygen atoms in total. The van der Waals surface area contributed by atoms with Crippen LogP contribution in [-0.4, -0.2) is 26.8 Å². The topological polar surface area (TPSA) is 72.2 Å². The number of nitrogens with one attached hydrogen (secondary N) is 1. The summed E-state index contributed by atoms with van der Waals surface area (Å²) >= 11 is 0. The van der Waals surface area contributed by atoms with E-state index in [1.165, 1.54) is 0 Å². The largest absolute Gasteiger partial charge is 0.330 e. The molecule has 0 fully saturated rings. The average Bonchev–Trinajstić information content (AvgIpc) is 2.16. The van der Waals surface area contributed by atoms with Crippen molar-refractivity contribution in [2.24, 2.45) is 11.7 Å². The van der Waals surface area contributed by atoms with Crippen LogP contribution >= 0.6 is 0 Å². The maximum Gasteiger partial charge on any atom is 0.211 e. The lowest BCUT2D eigenvalue weighted by molar-refractivity contribution is 0.390. The Morgan fingerprint density at radius 3 is 2.20 bits per heavy atom. The Bertz CT molecular complexity index is 248. The van der Waals surface area contributed by atoms with Crippen molar-refractivity contribution in [3.05, 3.63) is 0 Å². The van der Waals surface area contributed by atoms with Crippen molar-refractivity contribution < 1.29 is 8.42 Å². The van der Waals surface area contributed by atoms with Gasteiger partial charge in [-0.15, -0.1) is 0 Å². The minimum Gasteiger partial charge on any atom is -0.330 e. The van der Waals surface area contributed by atoms with Gasteiger partial charge in [-0.1, -0.05) is 26.7 Å². The van der Waals surface area contributed by atoms with Gasteiger partial charge in [-0.3, -0.25) is 0 Å². The highest BCUT2D eigenvalue weighted by atomic mass is 32.2. The van der Waals surface area contributed by atoms with Gasteiger partial charge >= 0.3 is 0 Å².